The first kappa shape index (κ1) is 20.1. The fourth-order valence-electron chi connectivity index (χ4n) is 4.22. The number of anilines is 2. The van der Waals surface area contributed by atoms with Gasteiger partial charge in [0.15, 0.2) is 5.82 Å². The van der Waals surface area contributed by atoms with Gasteiger partial charge in [-0.3, -0.25) is 9.59 Å². The third kappa shape index (κ3) is 4.01. The van der Waals surface area contributed by atoms with Crippen LogP contribution in [0.25, 0.3) is 16.7 Å². The van der Waals surface area contributed by atoms with Crippen molar-refractivity contribution < 1.29 is 4.79 Å². The molecule has 2 aromatic heterocycles. The lowest BCUT2D eigenvalue weighted by atomic mass is 10.2. The molecule has 0 aliphatic carbocycles. The van der Waals surface area contributed by atoms with Crippen LogP contribution in [0.4, 0.5) is 11.5 Å². The van der Waals surface area contributed by atoms with Crippen LogP contribution in [0.3, 0.4) is 0 Å². The Hall–Kier alpha value is -3.87. The topological polar surface area (TPSA) is 72.2 Å². The number of amides is 1. The van der Waals surface area contributed by atoms with Crippen LogP contribution in [0.2, 0.25) is 0 Å². The molecular formula is C25H25N5O2. The minimum Gasteiger partial charge on any atom is -0.352 e. The Morgan fingerprint density at radius 2 is 1.75 bits per heavy atom. The van der Waals surface area contributed by atoms with Gasteiger partial charge in [-0.15, -0.1) is 0 Å². The Balaban J connectivity index is 1.36. The van der Waals surface area contributed by atoms with Gasteiger partial charge >= 0.3 is 0 Å². The van der Waals surface area contributed by atoms with Crippen LogP contribution in [0.1, 0.15) is 19.3 Å². The molecule has 0 bridgehead atoms. The van der Waals surface area contributed by atoms with Crippen LogP contribution < -0.4 is 15.8 Å². The van der Waals surface area contributed by atoms with E-state index in [2.05, 4.69) is 15.2 Å². The number of fused-ring (bicyclic) bond motifs is 1. The van der Waals surface area contributed by atoms with Crippen molar-refractivity contribution in [1.29, 1.82) is 0 Å². The number of hydrogen-bond donors (Lipinski definition) is 1. The Morgan fingerprint density at radius 3 is 2.56 bits per heavy atom. The second-order valence-electron chi connectivity index (χ2n) is 8.01. The molecule has 1 saturated heterocycles. The summed E-state index contributed by atoms with van der Waals surface area (Å²) in [5, 5.41) is 2.96. The first-order valence-electron chi connectivity index (χ1n) is 11.0. The van der Waals surface area contributed by atoms with E-state index in [-0.39, 0.29) is 17.9 Å². The van der Waals surface area contributed by atoms with E-state index < -0.39 is 0 Å². The van der Waals surface area contributed by atoms with E-state index in [0.717, 1.165) is 48.3 Å². The van der Waals surface area contributed by atoms with Crippen molar-refractivity contribution in [3.63, 3.8) is 0 Å². The highest BCUT2D eigenvalue weighted by atomic mass is 16.2. The maximum Gasteiger partial charge on any atom is 0.294 e. The summed E-state index contributed by atoms with van der Waals surface area (Å²) < 4.78 is 3.67. The number of benzene rings is 2. The molecule has 1 aliphatic rings. The molecule has 0 saturated carbocycles. The molecule has 0 radical (unpaired) electrons. The van der Waals surface area contributed by atoms with Gasteiger partial charge in [0.25, 0.3) is 5.56 Å². The zero-order chi connectivity index (χ0) is 21.9. The van der Waals surface area contributed by atoms with Crippen LogP contribution in [-0.4, -0.2) is 33.1 Å². The highest BCUT2D eigenvalue weighted by Gasteiger charge is 2.20. The van der Waals surface area contributed by atoms with Crippen LogP contribution in [0, 0.1) is 0 Å². The quantitative estimate of drug-likeness (QED) is 0.508. The maximum absolute atomic E-state index is 13.2. The average Bonchev–Trinajstić information content (AvgIpc) is 3.53. The summed E-state index contributed by atoms with van der Waals surface area (Å²) >= 11 is 0. The zero-order valence-electron chi connectivity index (χ0n) is 17.8. The Labute approximate surface area is 185 Å². The van der Waals surface area contributed by atoms with Gasteiger partial charge in [0.05, 0.1) is 11.0 Å². The highest BCUT2D eigenvalue weighted by Crippen LogP contribution is 2.19. The summed E-state index contributed by atoms with van der Waals surface area (Å²) in [6.45, 7) is 1.99. The number of carbonyl (C=O) groups is 1. The lowest BCUT2D eigenvalue weighted by Gasteiger charge is -2.19. The van der Waals surface area contributed by atoms with Crippen molar-refractivity contribution in [2.45, 2.75) is 25.8 Å². The number of hydrogen-bond acceptors (Lipinski definition) is 4. The Kier molecular flexibility index (Phi) is 5.46. The van der Waals surface area contributed by atoms with Crippen molar-refractivity contribution in [2.24, 2.45) is 0 Å². The van der Waals surface area contributed by atoms with E-state index >= 15 is 0 Å². The molecule has 4 aromatic rings. The highest BCUT2D eigenvalue weighted by molar-refractivity contribution is 5.91. The normalized spacial score (nSPS) is 13.6. The van der Waals surface area contributed by atoms with E-state index in [1.807, 2.05) is 77.6 Å². The third-order valence-electron chi connectivity index (χ3n) is 5.84. The molecule has 7 nitrogen and oxygen atoms in total. The molecule has 3 heterocycles. The number of para-hydroxylation sites is 2. The molecule has 1 amide bonds. The van der Waals surface area contributed by atoms with Crippen molar-refractivity contribution in [3.8, 4) is 5.69 Å². The fraction of sp³-hybridized carbons (Fsp3) is 0.240. The predicted molar refractivity (Wildman–Crippen MR) is 126 cm³/mol. The van der Waals surface area contributed by atoms with E-state index in [1.165, 1.54) is 0 Å². The Morgan fingerprint density at radius 1 is 0.969 bits per heavy atom. The average molecular weight is 428 g/mol. The molecule has 1 aliphatic heterocycles. The first-order chi connectivity index (χ1) is 15.7. The van der Waals surface area contributed by atoms with Crippen molar-refractivity contribution >= 4 is 28.4 Å². The standard InChI is InChI=1S/C25H25N5O2/c31-23(26-19-8-7-9-20(18-19)28-13-3-4-14-28)12-17-30-22-11-2-1-10-21(22)27-24(25(30)32)29-15-5-6-16-29/h1-4,7-11,13-14,18H,5-6,12,15-17H2,(H,26,31). The molecule has 0 spiro atoms. The minimum absolute atomic E-state index is 0.131. The summed E-state index contributed by atoms with van der Waals surface area (Å²) in [5.41, 5.74) is 3.09. The molecule has 32 heavy (non-hydrogen) atoms. The lowest BCUT2D eigenvalue weighted by Crippen LogP contribution is -2.32. The van der Waals surface area contributed by atoms with Crippen molar-refractivity contribution in [3.05, 3.63) is 83.4 Å². The van der Waals surface area contributed by atoms with E-state index in [1.54, 1.807) is 4.57 Å². The number of aryl methyl sites for hydroxylation is 1. The first-order valence-corrected chi connectivity index (χ1v) is 11.0. The minimum atomic E-state index is -0.134. The maximum atomic E-state index is 13.2. The lowest BCUT2D eigenvalue weighted by molar-refractivity contribution is -0.116. The molecule has 0 unspecified atom stereocenters. The van der Waals surface area contributed by atoms with Gasteiger partial charge < -0.3 is 19.4 Å². The van der Waals surface area contributed by atoms with Crippen LogP contribution in [0.15, 0.2) is 77.9 Å². The smallest absolute Gasteiger partial charge is 0.294 e. The summed E-state index contributed by atoms with van der Waals surface area (Å²) in [6, 6.07) is 19.2. The number of aromatic nitrogens is 3. The zero-order valence-corrected chi connectivity index (χ0v) is 17.8. The van der Waals surface area contributed by atoms with Crippen LogP contribution in [0.5, 0.6) is 0 Å². The van der Waals surface area contributed by atoms with E-state index in [4.69, 9.17) is 0 Å². The summed E-state index contributed by atoms with van der Waals surface area (Å²) in [6.07, 6.45) is 6.25. The second-order valence-corrected chi connectivity index (χ2v) is 8.01. The molecule has 2 aromatic carbocycles. The molecular weight excluding hydrogens is 402 g/mol. The molecule has 7 heteroatoms. The summed E-state index contributed by atoms with van der Waals surface area (Å²) in [7, 11) is 0. The van der Waals surface area contributed by atoms with Gasteiger partial charge in [-0.1, -0.05) is 18.2 Å². The molecule has 162 valence electrons. The number of nitrogens with one attached hydrogen (secondary N) is 1. The van der Waals surface area contributed by atoms with Gasteiger partial charge in [0, 0.05) is 49.8 Å². The second kappa shape index (κ2) is 8.70. The molecule has 1 fully saturated rings. The van der Waals surface area contributed by atoms with Crippen molar-refractivity contribution in [1.82, 2.24) is 14.1 Å². The van der Waals surface area contributed by atoms with Crippen LogP contribution in [-0.2, 0) is 11.3 Å². The number of nitrogens with zero attached hydrogens (tertiary/aromatic N) is 4. The van der Waals surface area contributed by atoms with E-state index in [0.29, 0.717) is 12.4 Å². The summed E-state index contributed by atoms with van der Waals surface area (Å²) in [5.74, 6) is 0.353. The largest absolute Gasteiger partial charge is 0.352 e. The molecule has 0 atom stereocenters. The van der Waals surface area contributed by atoms with Crippen molar-refractivity contribution in [2.75, 3.05) is 23.3 Å². The van der Waals surface area contributed by atoms with Crippen LogP contribution >= 0.6 is 0 Å². The SMILES string of the molecule is O=C(CCn1c(=O)c(N2CCCC2)nc2ccccc21)Nc1cccc(-n2cccc2)c1. The summed E-state index contributed by atoms with van der Waals surface area (Å²) in [4.78, 5) is 32.6. The van der Waals surface area contributed by atoms with Gasteiger partial charge in [0.1, 0.15) is 0 Å². The van der Waals surface area contributed by atoms with E-state index in [9.17, 15) is 9.59 Å². The van der Waals surface area contributed by atoms with Gasteiger partial charge in [-0.05, 0) is 55.3 Å². The molecule has 1 N–H and O–H groups in total. The monoisotopic (exact) mass is 427 g/mol. The fourth-order valence-corrected chi connectivity index (χ4v) is 4.22. The molecule has 5 rings (SSSR count). The predicted octanol–water partition coefficient (Wildman–Crippen LogP) is 3.82. The van der Waals surface area contributed by atoms with Gasteiger partial charge in [-0.2, -0.15) is 0 Å². The van der Waals surface area contributed by atoms with Gasteiger partial charge in [0.2, 0.25) is 5.91 Å². The van der Waals surface area contributed by atoms with Gasteiger partial charge in [-0.25, -0.2) is 4.98 Å². The third-order valence-corrected chi connectivity index (χ3v) is 5.84. The number of carbonyl (C=O) groups excluding carboxylic acids is 1. The number of rotatable bonds is 6. The Bertz CT molecular complexity index is 1300.